The fourth-order valence-electron chi connectivity index (χ4n) is 7.84. The van der Waals surface area contributed by atoms with E-state index in [9.17, 15) is 0 Å². The normalized spacial score (nSPS) is 18.9. The van der Waals surface area contributed by atoms with Crippen LogP contribution < -0.4 is 0 Å². The number of benzene rings is 4. The van der Waals surface area contributed by atoms with Crippen LogP contribution in [0.25, 0.3) is 34.4 Å². The maximum atomic E-state index is 8.58. The SMILES string of the molecule is CC1=Cc2c(-c3cccc(C)c3)ccc(C)c2[CH]1[Zr]([Cl])([Cl])([CH]1C(C(C)C)=Cc2c(-c3ccccc3)cccc21)[SiH](C)C. The molecule has 0 aliphatic heterocycles. The van der Waals surface area contributed by atoms with Gasteiger partial charge in [0, 0.05) is 0 Å². The van der Waals surface area contributed by atoms with E-state index in [1.165, 1.54) is 66.8 Å². The summed E-state index contributed by atoms with van der Waals surface area (Å²) in [5, 5.41) is 0. The van der Waals surface area contributed by atoms with Crippen LogP contribution >= 0.6 is 17.0 Å². The average Bonchev–Trinajstić information content (AvgIpc) is 3.54. The summed E-state index contributed by atoms with van der Waals surface area (Å²) in [5.74, 6) is -1.25. The van der Waals surface area contributed by atoms with Crippen molar-refractivity contribution in [2.45, 2.75) is 55.0 Å². The predicted molar refractivity (Wildman–Crippen MR) is 186 cm³/mol. The number of rotatable bonds is 6. The summed E-state index contributed by atoms with van der Waals surface area (Å²) < 4.78 is 0.195. The zero-order valence-electron chi connectivity index (χ0n) is 25.8. The third-order valence-corrected chi connectivity index (χ3v) is 61.9. The summed E-state index contributed by atoms with van der Waals surface area (Å²) in [6, 6.07) is 31.0. The summed E-state index contributed by atoms with van der Waals surface area (Å²) in [4.78, 5) is 0. The molecule has 4 aromatic rings. The van der Waals surface area contributed by atoms with Gasteiger partial charge < -0.3 is 0 Å². The van der Waals surface area contributed by atoms with E-state index in [1.54, 1.807) is 0 Å². The van der Waals surface area contributed by atoms with Crippen molar-refractivity contribution < 1.29 is 15.6 Å². The molecule has 0 amide bonds. The van der Waals surface area contributed by atoms with Crippen molar-refractivity contribution in [3.8, 4) is 22.3 Å². The van der Waals surface area contributed by atoms with E-state index in [0.29, 0.717) is 5.92 Å². The number of hydrogen-bond acceptors (Lipinski definition) is 0. The van der Waals surface area contributed by atoms with Crippen LogP contribution in [0.2, 0.25) is 13.1 Å². The molecular formula is C38H41Cl2SiZr. The molecule has 0 N–H and O–H groups in total. The summed E-state index contributed by atoms with van der Waals surface area (Å²) in [5.41, 5.74) is 15.8. The van der Waals surface area contributed by atoms with E-state index in [1.807, 2.05) is 0 Å². The topological polar surface area (TPSA) is 0 Å². The molecule has 0 saturated carbocycles. The van der Waals surface area contributed by atoms with Crippen molar-refractivity contribution in [1.29, 1.82) is 0 Å². The van der Waals surface area contributed by atoms with Gasteiger partial charge in [-0.25, -0.2) is 0 Å². The Morgan fingerprint density at radius 3 is 2.02 bits per heavy atom. The second-order valence-electron chi connectivity index (χ2n) is 13.2. The Morgan fingerprint density at radius 1 is 0.690 bits per heavy atom. The molecule has 4 heteroatoms. The predicted octanol–water partition coefficient (Wildman–Crippen LogP) is 11.9. The molecule has 0 fully saturated rings. The van der Waals surface area contributed by atoms with Crippen LogP contribution in [0.15, 0.2) is 96.1 Å². The van der Waals surface area contributed by atoms with Gasteiger partial charge in [0.15, 0.2) is 0 Å². The van der Waals surface area contributed by atoms with E-state index < -0.39 is 21.5 Å². The summed E-state index contributed by atoms with van der Waals surface area (Å²) in [7, 11) is 17.2. The standard InChI is InChI=1S/2C18H17.C2H7Si.2ClH.Zr/c1-12-5-4-6-15(9-12)16-8-7-14(3)17-10-13(2)11-18(16)17;1-13(2)16-11-15-9-6-10-17(18(15)12-16)14-7-4-3-5-8-14;1-3-2;;;/h4-11H,1-3H3;3-13H,1-2H3;3H,1-2H3;2*1H;/q;;;;;+2/p-2. The minimum atomic E-state index is -4.78. The molecule has 0 spiro atoms. The second kappa shape index (κ2) is 10.9. The first-order valence-corrected chi connectivity index (χ1v) is 31.6. The quantitative estimate of drug-likeness (QED) is 0.177. The van der Waals surface area contributed by atoms with Crippen molar-refractivity contribution in [2.75, 3.05) is 0 Å². The molecule has 215 valence electrons. The zero-order chi connectivity index (χ0) is 30.0. The summed E-state index contributed by atoms with van der Waals surface area (Å²) >= 11 is -4.78. The minimum absolute atomic E-state index is 0.0969. The van der Waals surface area contributed by atoms with Gasteiger partial charge in [-0.2, -0.15) is 0 Å². The van der Waals surface area contributed by atoms with E-state index >= 15 is 0 Å². The number of halogens is 2. The Kier molecular flexibility index (Phi) is 7.80. The van der Waals surface area contributed by atoms with Gasteiger partial charge in [0.05, 0.1) is 0 Å². The molecule has 6 rings (SSSR count). The summed E-state index contributed by atoms with van der Waals surface area (Å²) in [6.07, 6.45) is 4.89. The maximum absolute atomic E-state index is 8.58. The van der Waals surface area contributed by atoms with Gasteiger partial charge in [0.1, 0.15) is 0 Å². The van der Waals surface area contributed by atoms with Gasteiger partial charge in [0.25, 0.3) is 0 Å². The van der Waals surface area contributed by atoms with Crippen LogP contribution in [0.3, 0.4) is 0 Å². The first-order chi connectivity index (χ1) is 19.9. The van der Waals surface area contributed by atoms with E-state index in [4.69, 9.17) is 17.0 Å². The fraction of sp³-hybridized carbons (Fsp3) is 0.263. The molecule has 2 unspecified atom stereocenters. The van der Waals surface area contributed by atoms with Crippen molar-refractivity contribution in [3.05, 3.63) is 129 Å². The van der Waals surface area contributed by atoms with Crippen LogP contribution in [0.4, 0.5) is 0 Å². The third-order valence-electron chi connectivity index (χ3n) is 10.0. The average molecular weight is 688 g/mol. The molecule has 4 aromatic carbocycles. The Morgan fingerprint density at radius 2 is 1.36 bits per heavy atom. The van der Waals surface area contributed by atoms with Gasteiger partial charge >= 0.3 is 263 Å². The fourth-order valence-corrected chi connectivity index (χ4v) is 40.1. The first kappa shape index (κ1) is 30.1. The molecule has 42 heavy (non-hydrogen) atoms. The van der Waals surface area contributed by atoms with Crippen LogP contribution in [0, 0.1) is 19.8 Å². The van der Waals surface area contributed by atoms with Crippen molar-refractivity contribution >= 4 is 35.1 Å². The van der Waals surface area contributed by atoms with Crippen LogP contribution in [-0.4, -0.2) is 5.92 Å². The van der Waals surface area contributed by atoms with E-state index in [-0.39, 0.29) is 7.25 Å². The molecule has 2 aliphatic rings. The molecule has 2 aliphatic carbocycles. The Labute approximate surface area is 261 Å². The van der Waals surface area contributed by atoms with Crippen molar-refractivity contribution in [3.63, 3.8) is 0 Å². The van der Waals surface area contributed by atoms with Crippen LogP contribution in [-0.2, 0) is 15.6 Å². The Bertz CT molecular complexity index is 1760. The number of allylic oxidation sites excluding steroid dienone is 2. The number of fused-ring (bicyclic) bond motifs is 2. The zero-order valence-corrected chi connectivity index (χ0v) is 30.9. The van der Waals surface area contributed by atoms with Gasteiger partial charge in [-0.15, -0.1) is 0 Å². The molecule has 0 heterocycles. The van der Waals surface area contributed by atoms with E-state index in [0.717, 1.165) is 0 Å². The molecular weight excluding hydrogens is 647 g/mol. The second-order valence-corrected chi connectivity index (χ2v) is 55.7. The van der Waals surface area contributed by atoms with E-state index in [2.05, 4.69) is 145 Å². The Balaban J connectivity index is 1.61. The van der Waals surface area contributed by atoms with Gasteiger partial charge in [-0.1, -0.05) is 0 Å². The number of hydrogen-bond donors (Lipinski definition) is 0. The molecule has 2 atom stereocenters. The molecule has 0 nitrogen and oxygen atoms in total. The monoisotopic (exact) mass is 685 g/mol. The van der Waals surface area contributed by atoms with Gasteiger partial charge in [-0.05, 0) is 0 Å². The molecule has 0 aromatic heterocycles. The molecule has 0 saturated heterocycles. The third kappa shape index (κ3) is 4.56. The van der Waals surface area contributed by atoms with Crippen molar-refractivity contribution in [1.82, 2.24) is 0 Å². The van der Waals surface area contributed by atoms with Crippen molar-refractivity contribution in [2.24, 2.45) is 5.92 Å². The first-order valence-electron chi connectivity index (χ1n) is 15.3. The van der Waals surface area contributed by atoms with Gasteiger partial charge in [-0.3, -0.25) is 0 Å². The molecule has 0 radical (unpaired) electrons. The Hall–Kier alpha value is -1.96. The summed E-state index contributed by atoms with van der Waals surface area (Å²) in [6.45, 7) is 16.3. The van der Waals surface area contributed by atoms with Crippen LogP contribution in [0.1, 0.15) is 61.4 Å². The van der Waals surface area contributed by atoms with Crippen LogP contribution in [0.5, 0.6) is 0 Å². The number of aryl methyl sites for hydroxylation is 2. The van der Waals surface area contributed by atoms with Gasteiger partial charge in [0.2, 0.25) is 0 Å². The molecule has 0 bridgehead atoms.